The Balaban J connectivity index is 1.65. The van der Waals surface area contributed by atoms with Gasteiger partial charge in [-0.25, -0.2) is 21.6 Å². The third kappa shape index (κ3) is 3.92. The summed E-state index contributed by atoms with van der Waals surface area (Å²) in [6.45, 7) is 0.350. The molecule has 2 atom stereocenters. The average molecular weight is 394 g/mol. The molecular formula is C14H19NO6S3. The highest BCUT2D eigenvalue weighted by molar-refractivity contribution is 7.92. The molecule has 2 aliphatic heterocycles. The van der Waals surface area contributed by atoms with Gasteiger partial charge in [0.2, 0.25) is 0 Å². The van der Waals surface area contributed by atoms with Gasteiger partial charge >= 0.3 is 6.09 Å². The van der Waals surface area contributed by atoms with E-state index >= 15 is 0 Å². The minimum atomic E-state index is -3.33. The molecule has 0 bridgehead atoms. The van der Waals surface area contributed by atoms with Crippen LogP contribution in [0.5, 0.6) is 0 Å². The highest BCUT2D eigenvalue weighted by Crippen LogP contribution is 2.32. The number of carbonyl (C=O) groups excluding carboxylic acids is 1. The standard InChI is InChI=1S/C14H19NO6S3/c16-14(21-11-4-8-23(17,18)10-11)15-5-3-13(12-2-1-7-22-12)24(19,20)9-6-15/h1-2,7,11,13H,3-6,8-10H2. The Bertz CT molecular complexity index is 800. The van der Waals surface area contributed by atoms with Gasteiger partial charge in [-0.2, -0.15) is 0 Å². The van der Waals surface area contributed by atoms with Gasteiger partial charge in [0.1, 0.15) is 6.10 Å². The van der Waals surface area contributed by atoms with E-state index in [0.717, 1.165) is 4.88 Å². The first-order valence-electron chi connectivity index (χ1n) is 7.68. The van der Waals surface area contributed by atoms with Gasteiger partial charge in [-0.05, 0) is 24.3 Å². The first-order chi connectivity index (χ1) is 11.3. The van der Waals surface area contributed by atoms with Crippen molar-refractivity contribution in [3.05, 3.63) is 22.4 Å². The number of rotatable bonds is 2. The van der Waals surface area contributed by atoms with E-state index in [0.29, 0.717) is 12.8 Å². The molecule has 2 saturated heterocycles. The molecule has 0 saturated carbocycles. The number of ether oxygens (including phenoxy) is 1. The van der Waals surface area contributed by atoms with Crippen LogP contribution in [0.3, 0.4) is 0 Å². The molecule has 1 aromatic rings. The van der Waals surface area contributed by atoms with Crippen LogP contribution in [-0.4, -0.2) is 64.3 Å². The fourth-order valence-corrected chi connectivity index (χ4v) is 7.59. The highest BCUT2D eigenvalue weighted by atomic mass is 32.2. The zero-order valence-corrected chi connectivity index (χ0v) is 15.4. The lowest BCUT2D eigenvalue weighted by Gasteiger charge is -2.21. The maximum Gasteiger partial charge on any atom is 0.410 e. The summed E-state index contributed by atoms with van der Waals surface area (Å²) >= 11 is 1.40. The van der Waals surface area contributed by atoms with Crippen molar-refractivity contribution in [2.45, 2.75) is 24.2 Å². The first-order valence-corrected chi connectivity index (χ1v) is 12.1. The smallest absolute Gasteiger partial charge is 0.410 e. The number of sulfone groups is 2. The van der Waals surface area contributed by atoms with Crippen LogP contribution in [0.15, 0.2) is 17.5 Å². The van der Waals surface area contributed by atoms with E-state index in [1.54, 1.807) is 6.07 Å². The second-order valence-electron chi connectivity index (χ2n) is 6.06. The summed E-state index contributed by atoms with van der Waals surface area (Å²) < 4.78 is 53.0. The normalized spacial score (nSPS) is 29.1. The van der Waals surface area contributed by atoms with E-state index in [2.05, 4.69) is 0 Å². The molecule has 24 heavy (non-hydrogen) atoms. The maximum absolute atomic E-state index is 12.4. The predicted molar refractivity (Wildman–Crippen MR) is 90.6 cm³/mol. The van der Waals surface area contributed by atoms with Gasteiger partial charge in [-0.1, -0.05) is 6.07 Å². The number of hydrogen-bond acceptors (Lipinski definition) is 7. The van der Waals surface area contributed by atoms with Crippen LogP contribution in [0.4, 0.5) is 4.79 Å². The lowest BCUT2D eigenvalue weighted by molar-refractivity contribution is 0.0744. The maximum atomic E-state index is 12.4. The monoisotopic (exact) mass is 393 g/mol. The molecule has 0 N–H and O–H groups in total. The van der Waals surface area contributed by atoms with Gasteiger partial charge in [0, 0.05) is 18.0 Å². The van der Waals surface area contributed by atoms with Crippen molar-refractivity contribution < 1.29 is 26.4 Å². The van der Waals surface area contributed by atoms with Gasteiger partial charge < -0.3 is 9.64 Å². The number of thiophene rings is 1. The molecule has 0 radical (unpaired) electrons. The molecule has 2 aliphatic rings. The number of amides is 1. The largest absolute Gasteiger partial charge is 0.445 e. The van der Waals surface area contributed by atoms with Crippen LogP contribution < -0.4 is 0 Å². The quantitative estimate of drug-likeness (QED) is 0.750. The molecule has 2 unspecified atom stereocenters. The molecular weight excluding hydrogens is 374 g/mol. The summed E-state index contributed by atoms with van der Waals surface area (Å²) in [4.78, 5) is 14.4. The second-order valence-corrected chi connectivity index (χ2v) is 11.6. The molecule has 0 aliphatic carbocycles. The molecule has 0 aromatic carbocycles. The summed E-state index contributed by atoms with van der Waals surface area (Å²) in [5.74, 6) is -0.240. The summed E-state index contributed by atoms with van der Waals surface area (Å²) in [7, 11) is -6.46. The molecule has 1 aromatic heterocycles. The van der Waals surface area contributed by atoms with E-state index in [9.17, 15) is 21.6 Å². The van der Waals surface area contributed by atoms with E-state index < -0.39 is 37.1 Å². The van der Waals surface area contributed by atoms with Gasteiger partial charge in [-0.15, -0.1) is 11.3 Å². The Kier molecular flexibility index (Phi) is 4.89. The lowest BCUT2D eigenvalue weighted by Crippen LogP contribution is -2.36. The Morgan fingerprint density at radius 1 is 1.17 bits per heavy atom. The SMILES string of the molecule is O=C(OC1CCS(=O)(=O)C1)N1CCC(c2cccs2)S(=O)(=O)CC1. The van der Waals surface area contributed by atoms with Crippen LogP contribution in [-0.2, 0) is 24.4 Å². The van der Waals surface area contributed by atoms with Crippen molar-refractivity contribution >= 4 is 37.1 Å². The zero-order valence-electron chi connectivity index (χ0n) is 13.0. The summed E-state index contributed by atoms with van der Waals surface area (Å²) in [5, 5.41) is 1.24. The van der Waals surface area contributed by atoms with Crippen molar-refractivity contribution in [3.63, 3.8) is 0 Å². The highest BCUT2D eigenvalue weighted by Gasteiger charge is 2.36. The van der Waals surface area contributed by atoms with Crippen LogP contribution >= 0.6 is 11.3 Å². The minimum absolute atomic E-state index is 0.0276. The fraction of sp³-hybridized carbons (Fsp3) is 0.643. The van der Waals surface area contributed by atoms with Crippen LogP contribution in [0, 0.1) is 0 Å². The van der Waals surface area contributed by atoms with Crippen LogP contribution in [0.1, 0.15) is 23.0 Å². The van der Waals surface area contributed by atoms with Gasteiger partial charge in [-0.3, -0.25) is 0 Å². The topological polar surface area (TPSA) is 97.8 Å². The lowest BCUT2D eigenvalue weighted by atomic mass is 10.2. The minimum Gasteiger partial charge on any atom is -0.445 e. The average Bonchev–Trinajstić information content (AvgIpc) is 3.08. The third-order valence-corrected chi connectivity index (χ3v) is 9.30. The van der Waals surface area contributed by atoms with Crippen LogP contribution in [0.2, 0.25) is 0 Å². The Hall–Kier alpha value is -1.13. The Morgan fingerprint density at radius 3 is 2.58 bits per heavy atom. The molecule has 2 fully saturated rings. The van der Waals surface area contributed by atoms with Crippen LogP contribution in [0.25, 0.3) is 0 Å². The van der Waals surface area contributed by atoms with E-state index in [-0.39, 0.29) is 30.3 Å². The Labute approximate surface area is 145 Å². The predicted octanol–water partition coefficient (Wildman–Crippen LogP) is 1.23. The molecule has 7 nitrogen and oxygen atoms in total. The summed E-state index contributed by atoms with van der Waals surface area (Å²) in [5.41, 5.74) is 0. The second kappa shape index (κ2) is 6.64. The number of nitrogens with zero attached hydrogens (tertiary/aromatic N) is 1. The summed E-state index contributed by atoms with van der Waals surface area (Å²) in [6.07, 6.45) is -0.631. The molecule has 3 heterocycles. The van der Waals surface area contributed by atoms with Crippen molar-refractivity contribution in [1.82, 2.24) is 4.90 Å². The molecule has 1 amide bonds. The van der Waals surface area contributed by atoms with E-state index in [1.807, 2.05) is 11.4 Å². The van der Waals surface area contributed by atoms with Gasteiger partial charge in [0.25, 0.3) is 0 Å². The first kappa shape index (κ1) is 17.7. The zero-order chi connectivity index (χ0) is 17.4. The van der Waals surface area contributed by atoms with E-state index in [4.69, 9.17) is 4.74 Å². The van der Waals surface area contributed by atoms with E-state index in [1.165, 1.54) is 16.2 Å². The van der Waals surface area contributed by atoms with Crippen molar-refractivity contribution in [1.29, 1.82) is 0 Å². The van der Waals surface area contributed by atoms with Gasteiger partial charge in [0.05, 0.1) is 22.5 Å². The fourth-order valence-electron chi connectivity index (χ4n) is 2.99. The van der Waals surface area contributed by atoms with Crippen molar-refractivity contribution in [2.24, 2.45) is 0 Å². The number of carbonyl (C=O) groups is 1. The third-order valence-electron chi connectivity index (χ3n) is 4.32. The molecule has 134 valence electrons. The Morgan fingerprint density at radius 2 is 1.96 bits per heavy atom. The summed E-state index contributed by atoms with van der Waals surface area (Å²) in [6, 6.07) is 3.61. The molecule has 3 rings (SSSR count). The van der Waals surface area contributed by atoms with Crippen molar-refractivity contribution in [2.75, 3.05) is 30.3 Å². The van der Waals surface area contributed by atoms with Crippen molar-refractivity contribution in [3.8, 4) is 0 Å². The molecule has 10 heteroatoms. The number of hydrogen-bond donors (Lipinski definition) is 0. The molecule has 0 spiro atoms. The van der Waals surface area contributed by atoms with Gasteiger partial charge in [0.15, 0.2) is 19.7 Å².